The number of carbonyl (C=O) groups excluding carboxylic acids is 1. The second-order valence-corrected chi connectivity index (χ2v) is 10.5. The highest BCUT2D eigenvalue weighted by Gasteiger charge is 2.54. The number of hydrogen-bond acceptors (Lipinski definition) is 5. The highest BCUT2D eigenvalue weighted by Crippen LogP contribution is 2.58. The van der Waals surface area contributed by atoms with Crippen LogP contribution in [0.25, 0.3) is 0 Å². The van der Waals surface area contributed by atoms with Crippen LogP contribution in [-0.2, 0) is 18.4 Å². The van der Waals surface area contributed by atoms with Crippen molar-refractivity contribution < 1.29 is 4.79 Å². The molecule has 4 bridgehead atoms. The molecule has 2 aromatic rings. The van der Waals surface area contributed by atoms with E-state index in [0.29, 0.717) is 17.5 Å². The van der Waals surface area contributed by atoms with E-state index in [9.17, 15) is 4.79 Å². The van der Waals surface area contributed by atoms with Crippen LogP contribution < -0.4 is 0 Å². The number of nitrogens with zero attached hydrogens (tertiary/aromatic N) is 5. The second-order valence-electron chi connectivity index (χ2n) is 9.12. The smallest absolute Gasteiger partial charge is 0.233 e. The van der Waals surface area contributed by atoms with E-state index in [2.05, 4.69) is 20.4 Å². The number of tetrazole rings is 1. The maximum absolute atomic E-state index is 13.5. The summed E-state index contributed by atoms with van der Waals surface area (Å²) in [5, 5.41) is 13.0. The molecule has 6 nitrogen and oxygen atoms in total. The molecule has 0 spiro atoms. The molecule has 4 fully saturated rings. The van der Waals surface area contributed by atoms with Gasteiger partial charge in [0.1, 0.15) is 0 Å². The maximum Gasteiger partial charge on any atom is 0.233 e. The molecule has 1 amide bonds. The van der Waals surface area contributed by atoms with Crippen molar-refractivity contribution >= 4 is 29.3 Å². The lowest BCUT2D eigenvalue weighted by atomic mass is 9.52. The number of thioether (sulfide) groups is 1. The Hall–Kier alpha value is -1.60. The fraction of sp³-hybridized carbons (Fsp3) is 0.619. The van der Waals surface area contributed by atoms with Gasteiger partial charge in [0.05, 0.1) is 5.75 Å². The largest absolute Gasteiger partial charge is 0.332 e. The van der Waals surface area contributed by atoms with Gasteiger partial charge in [-0.05, 0) is 84.4 Å². The normalized spacial score (nSPS) is 29.9. The van der Waals surface area contributed by atoms with Gasteiger partial charge in [-0.25, -0.2) is 4.68 Å². The summed E-state index contributed by atoms with van der Waals surface area (Å²) in [6.45, 7) is 0.653. The molecule has 0 N–H and O–H groups in total. The highest BCUT2D eigenvalue weighted by molar-refractivity contribution is 7.99. The van der Waals surface area contributed by atoms with Crippen LogP contribution in [0, 0.1) is 17.8 Å². The third kappa shape index (κ3) is 3.79. The first kappa shape index (κ1) is 19.4. The molecule has 0 radical (unpaired) electrons. The number of carbonyl (C=O) groups is 1. The Labute approximate surface area is 180 Å². The van der Waals surface area contributed by atoms with Crippen LogP contribution in [0.2, 0.25) is 5.02 Å². The Balaban J connectivity index is 1.40. The first-order valence-electron chi connectivity index (χ1n) is 10.4. The van der Waals surface area contributed by atoms with E-state index in [-0.39, 0.29) is 11.4 Å². The molecule has 154 valence electrons. The van der Waals surface area contributed by atoms with Gasteiger partial charge in [0.2, 0.25) is 11.1 Å². The highest BCUT2D eigenvalue weighted by atomic mass is 35.5. The van der Waals surface area contributed by atoms with Crippen LogP contribution in [0.3, 0.4) is 0 Å². The second kappa shape index (κ2) is 7.58. The summed E-state index contributed by atoms with van der Waals surface area (Å²) in [5.74, 6) is 2.92. The minimum Gasteiger partial charge on any atom is -0.332 e. The molecule has 1 aromatic carbocycles. The Morgan fingerprint density at radius 3 is 2.34 bits per heavy atom. The van der Waals surface area contributed by atoms with Crippen LogP contribution in [-0.4, -0.2) is 42.3 Å². The van der Waals surface area contributed by atoms with Gasteiger partial charge >= 0.3 is 0 Å². The predicted molar refractivity (Wildman–Crippen MR) is 112 cm³/mol. The number of aromatic nitrogens is 4. The fourth-order valence-corrected chi connectivity index (χ4v) is 7.09. The van der Waals surface area contributed by atoms with Crippen molar-refractivity contribution in [2.75, 3.05) is 5.75 Å². The van der Waals surface area contributed by atoms with Crippen LogP contribution in [0.5, 0.6) is 0 Å². The molecule has 0 aliphatic heterocycles. The third-order valence-corrected chi connectivity index (χ3v) is 8.29. The number of halogens is 1. The van der Waals surface area contributed by atoms with Crippen LogP contribution >= 0.6 is 23.4 Å². The van der Waals surface area contributed by atoms with Crippen molar-refractivity contribution in [2.24, 2.45) is 24.8 Å². The molecule has 0 saturated heterocycles. The average Bonchev–Trinajstić information content (AvgIpc) is 3.09. The molecule has 29 heavy (non-hydrogen) atoms. The van der Waals surface area contributed by atoms with Gasteiger partial charge in [0, 0.05) is 24.2 Å². The van der Waals surface area contributed by atoms with Crippen molar-refractivity contribution in [3.8, 4) is 0 Å². The van der Waals surface area contributed by atoms with E-state index < -0.39 is 0 Å². The van der Waals surface area contributed by atoms with Crippen molar-refractivity contribution in [2.45, 2.75) is 55.8 Å². The summed E-state index contributed by atoms with van der Waals surface area (Å²) in [5.41, 5.74) is 1.16. The lowest BCUT2D eigenvalue weighted by Crippen LogP contribution is -2.61. The first-order chi connectivity index (χ1) is 14.0. The third-order valence-electron chi connectivity index (χ3n) is 7.04. The fourth-order valence-electron chi connectivity index (χ4n) is 6.24. The standard InChI is InChI=1S/C21H26ClN5OS/c1-26-20(23-24-25-26)29-13-19(28)27(12-14-2-4-18(22)5-3-14)21-9-15-6-16(10-21)8-17(7-15)11-21/h2-5,15-17H,6-13H2,1H3. The van der Waals surface area contributed by atoms with Gasteiger partial charge in [-0.1, -0.05) is 35.5 Å². The zero-order chi connectivity index (χ0) is 20.0. The van der Waals surface area contributed by atoms with Gasteiger partial charge in [0.25, 0.3) is 0 Å². The Bertz CT molecular complexity index is 863. The molecule has 1 heterocycles. The van der Waals surface area contributed by atoms with Crippen molar-refractivity contribution in [1.29, 1.82) is 0 Å². The molecule has 1 aromatic heterocycles. The van der Waals surface area contributed by atoms with Crippen molar-refractivity contribution in [1.82, 2.24) is 25.1 Å². The van der Waals surface area contributed by atoms with E-state index in [1.54, 1.807) is 11.7 Å². The SMILES string of the molecule is Cn1nnnc1SCC(=O)N(Cc1ccc(Cl)cc1)C12CC3CC(CC(C3)C1)C2. The minimum absolute atomic E-state index is 0.0180. The summed E-state index contributed by atoms with van der Waals surface area (Å²) < 4.78 is 1.62. The molecule has 4 saturated carbocycles. The van der Waals surface area contributed by atoms with Crippen LogP contribution in [0.4, 0.5) is 0 Å². The van der Waals surface area contributed by atoms with E-state index in [1.807, 2.05) is 24.3 Å². The molecular weight excluding hydrogens is 406 g/mol. The molecular formula is C21H26ClN5OS. The van der Waals surface area contributed by atoms with E-state index >= 15 is 0 Å². The van der Waals surface area contributed by atoms with E-state index in [0.717, 1.165) is 47.6 Å². The van der Waals surface area contributed by atoms with Gasteiger partial charge in [-0.3, -0.25) is 4.79 Å². The number of amides is 1. The summed E-state index contributed by atoms with van der Waals surface area (Å²) in [6, 6.07) is 7.92. The van der Waals surface area contributed by atoms with Crippen molar-refractivity contribution in [3.63, 3.8) is 0 Å². The Morgan fingerprint density at radius 2 is 1.79 bits per heavy atom. The lowest BCUT2D eigenvalue weighted by Gasteiger charge is -2.60. The zero-order valence-electron chi connectivity index (χ0n) is 16.6. The monoisotopic (exact) mass is 431 g/mol. The molecule has 4 aliphatic rings. The Kier molecular flexibility index (Phi) is 5.06. The topological polar surface area (TPSA) is 63.9 Å². The molecule has 6 rings (SSSR count). The molecule has 8 heteroatoms. The number of benzene rings is 1. The summed E-state index contributed by atoms with van der Waals surface area (Å²) in [4.78, 5) is 15.7. The number of rotatable bonds is 6. The van der Waals surface area contributed by atoms with E-state index in [1.165, 1.54) is 31.0 Å². The maximum atomic E-state index is 13.5. The predicted octanol–water partition coefficient (Wildman–Crippen LogP) is 3.95. The summed E-state index contributed by atoms with van der Waals surface area (Å²) >= 11 is 7.51. The summed E-state index contributed by atoms with van der Waals surface area (Å²) in [7, 11) is 1.80. The average molecular weight is 432 g/mol. The zero-order valence-corrected chi connectivity index (χ0v) is 18.2. The van der Waals surface area contributed by atoms with E-state index in [4.69, 9.17) is 11.6 Å². The number of aryl methyl sites for hydroxylation is 1. The number of hydrogen-bond donors (Lipinski definition) is 0. The Morgan fingerprint density at radius 1 is 1.17 bits per heavy atom. The van der Waals surface area contributed by atoms with Crippen LogP contribution in [0.1, 0.15) is 44.1 Å². The first-order valence-corrected chi connectivity index (χ1v) is 11.8. The quantitative estimate of drug-likeness (QED) is 0.648. The van der Waals surface area contributed by atoms with Gasteiger partial charge in [-0.15, -0.1) is 5.10 Å². The van der Waals surface area contributed by atoms with Crippen molar-refractivity contribution in [3.05, 3.63) is 34.9 Å². The van der Waals surface area contributed by atoms with Gasteiger partial charge in [-0.2, -0.15) is 0 Å². The lowest BCUT2D eigenvalue weighted by molar-refractivity contribution is -0.149. The summed E-state index contributed by atoms with van der Waals surface area (Å²) in [6.07, 6.45) is 7.57. The van der Waals surface area contributed by atoms with Gasteiger partial charge < -0.3 is 4.90 Å². The van der Waals surface area contributed by atoms with Gasteiger partial charge in [0.15, 0.2) is 0 Å². The van der Waals surface area contributed by atoms with Crippen LogP contribution in [0.15, 0.2) is 29.4 Å². The molecule has 0 atom stereocenters. The molecule has 4 aliphatic carbocycles. The molecule has 0 unspecified atom stereocenters. The minimum atomic E-state index is 0.0180.